The highest BCUT2D eigenvalue weighted by Gasteiger charge is 2.31. The molecule has 11 heteroatoms. The van der Waals surface area contributed by atoms with E-state index < -0.39 is 30.2 Å². The lowest BCUT2D eigenvalue weighted by Gasteiger charge is -2.12. The molecular formula is C20H15F3N2O5S. The first-order chi connectivity index (χ1) is 14.7. The van der Waals surface area contributed by atoms with Gasteiger partial charge in [-0.2, -0.15) is 13.2 Å². The summed E-state index contributed by atoms with van der Waals surface area (Å²) in [7, 11) is 1.39. The number of halogens is 3. The number of para-hydroxylation sites is 1. The Morgan fingerprint density at radius 3 is 2.68 bits per heavy atom. The molecule has 0 aromatic heterocycles. The lowest BCUT2D eigenvalue weighted by molar-refractivity contribution is -0.139. The van der Waals surface area contributed by atoms with Crippen LogP contribution in [-0.4, -0.2) is 35.9 Å². The summed E-state index contributed by atoms with van der Waals surface area (Å²) >= 11 is 0.925. The van der Waals surface area contributed by atoms with E-state index in [1.165, 1.54) is 25.3 Å². The monoisotopic (exact) mass is 452 g/mol. The third kappa shape index (κ3) is 5.57. The first-order valence-corrected chi connectivity index (χ1v) is 9.47. The van der Waals surface area contributed by atoms with Gasteiger partial charge in [-0.15, -0.1) is 0 Å². The number of nitrogens with one attached hydrogen (secondary N) is 1. The van der Waals surface area contributed by atoms with Crippen molar-refractivity contribution < 1.29 is 37.3 Å². The molecule has 1 heterocycles. The van der Waals surface area contributed by atoms with E-state index in [1.807, 2.05) is 0 Å². The molecule has 2 aromatic carbocycles. The highest BCUT2D eigenvalue weighted by atomic mass is 32.2. The number of aliphatic carboxylic acids is 1. The van der Waals surface area contributed by atoms with Gasteiger partial charge in [0.15, 0.2) is 23.3 Å². The van der Waals surface area contributed by atoms with Crippen molar-refractivity contribution in [1.82, 2.24) is 5.32 Å². The summed E-state index contributed by atoms with van der Waals surface area (Å²) in [5.41, 5.74) is -0.430. The van der Waals surface area contributed by atoms with E-state index in [1.54, 1.807) is 18.2 Å². The van der Waals surface area contributed by atoms with Crippen molar-refractivity contribution in [3.8, 4) is 11.5 Å². The van der Waals surface area contributed by atoms with E-state index in [0.717, 1.165) is 23.9 Å². The fourth-order valence-electron chi connectivity index (χ4n) is 2.59. The molecular weight excluding hydrogens is 437 g/mol. The van der Waals surface area contributed by atoms with Gasteiger partial charge in [0.1, 0.15) is 0 Å². The molecule has 0 aliphatic carbocycles. The van der Waals surface area contributed by atoms with Crippen molar-refractivity contribution in [3.05, 3.63) is 58.5 Å². The van der Waals surface area contributed by atoms with E-state index in [4.69, 9.17) is 14.6 Å². The van der Waals surface area contributed by atoms with Crippen LogP contribution < -0.4 is 14.8 Å². The number of methoxy groups -OCH3 is 1. The maximum absolute atomic E-state index is 12.9. The lowest BCUT2D eigenvalue weighted by atomic mass is 10.1. The molecule has 31 heavy (non-hydrogen) atoms. The molecule has 2 aromatic rings. The topological polar surface area (TPSA) is 97.2 Å². The normalized spacial score (nSPS) is 16.5. The van der Waals surface area contributed by atoms with Gasteiger partial charge < -0.3 is 19.9 Å². The van der Waals surface area contributed by atoms with Gasteiger partial charge in [0.05, 0.1) is 23.3 Å². The molecule has 0 unspecified atom stereocenters. The van der Waals surface area contributed by atoms with Gasteiger partial charge in [0, 0.05) is 5.56 Å². The molecule has 7 nitrogen and oxygen atoms in total. The molecule has 1 aliphatic rings. The minimum atomic E-state index is -4.51. The van der Waals surface area contributed by atoms with Crippen molar-refractivity contribution in [1.29, 1.82) is 0 Å². The fourth-order valence-corrected chi connectivity index (χ4v) is 3.42. The van der Waals surface area contributed by atoms with E-state index >= 15 is 0 Å². The van der Waals surface area contributed by atoms with Crippen LogP contribution in [0, 0.1) is 0 Å². The van der Waals surface area contributed by atoms with E-state index in [9.17, 15) is 22.8 Å². The number of aliphatic imine (C=N–C) groups is 1. The van der Waals surface area contributed by atoms with Crippen LogP contribution in [0.1, 0.15) is 11.1 Å². The highest BCUT2D eigenvalue weighted by Crippen LogP contribution is 2.36. The summed E-state index contributed by atoms with van der Waals surface area (Å²) in [4.78, 5) is 27.4. The summed E-state index contributed by atoms with van der Waals surface area (Å²) in [6.07, 6.45) is -3.06. The lowest BCUT2D eigenvalue weighted by Crippen LogP contribution is -2.19. The SMILES string of the molecule is COc1cccc(/C=C2\SC(=Nc3cccc(C(F)(F)F)c3)NC2=O)c1OCC(=O)O. The zero-order valence-corrected chi connectivity index (χ0v) is 16.7. The number of carboxylic acids is 1. The van der Waals surface area contributed by atoms with Crippen molar-refractivity contribution in [2.75, 3.05) is 13.7 Å². The maximum Gasteiger partial charge on any atom is 0.416 e. The Balaban J connectivity index is 1.89. The van der Waals surface area contributed by atoms with Crippen LogP contribution in [-0.2, 0) is 15.8 Å². The number of thioether (sulfide) groups is 1. The average molecular weight is 452 g/mol. The number of amidine groups is 1. The Hall–Kier alpha value is -3.47. The number of hydrogen-bond acceptors (Lipinski definition) is 6. The molecule has 0 bridgehead atoms. The van der Waals surface area contributed by atoms with Crippen LogP contribution in [0.5, 0.6) is 11.5 Å². The number of alkyl halides is 3. The standard InChI is InChI=1S/C20H15F3N2O5S/c1-29-14-7-2-4-11(17(14)30-10-16(26)27)8-15-18(28)25-19(31-15)24-13-6-3-5-12(9-13)20(21,22)23/h2-9H,10H2,1H3,(H,26,27)(H,24,25,28)/b15-8-. The smallest absolute Gasteiger partial charge is 0.416 e. The third-order valence-corrected chi connectivity index (χ3v) is 4.82. The van der Waals surface area contributed by atoms with Crippen LogP contribution in [0.2, 0.25) is 0 Å². The summed E-state index contributed by atoms with van der Waals surface area (Å²) in [6.45, 7) is -0.613. The van der Waals surface area contributed by atoms with E-state index in [-0.39, 0.29) is 27.3 Å². The van der Waals surface area contributed by atoms with Crippen LogP contribution in [0.4, 0.5) is 18.9 Å². The van der Waals surface area contributed by atoms with Gasteiger partial charge >= 0.3 is 12.1 Å². The van der Waals surface area contributed by atoms with Gasteiger partial charge in [-0.3, -0.25) is 4.79 Å². The molecule has 3 rings (SSSR count). The molecule has 2 N–H and O–H groups in total. The third-order valence-electron chi connectivity index (χ3n) is 3.91. The number of amides is 1. The number of nitrogens with zero attached hydrogens (tertiary/aromatic N) is 1. The Kier molecular flexibility index (Phi) is 6.54. The first-order valence-electron chi connectivity index (χ1n) is 8.66. The summed E-state index contributed by atoms with van der Waals surface area (Å²) < 4.78 is 49.1. The molecule has 0 radical (unpaired) electrons. The number of carbonyl (C=O) groups is 2. The van der Waals surface area contributed by atoms with Crippen LogP contribution in [0.3, 0.4) is 0 Å². The second-order valence-electron chi connectivity index (χ2n) is 6.09. The number of rotatable bonds is 6. The molecule has 0 saturated carbocycles. The number of carbonyl (C=O) groups excluding carboxylic acids is 1. The van der Waals surface area contributed by atoms with Crippen molar-refractivity contribution in [2.45, 2.75) is 6.18 Å². The van der Waals surface area contributed by atoms with Gasteiger partial charge in [-0.05, 0) is 42.1 Å². The highest BCUT2D eigenvalue weighted by molar-refractivity contribution is 8.18. The maximum atomic E-state index is 12.9. The fraction of sp³-hybridized carbons (Fsp3) is 0.150. The van der Waals surface area contributed by atoms with Crippen molar-refractivity contribution in [3.63, 3.8) is 0 Å². The quantitative estimate of drug-likeness (QED) is 0.642. The van der Waals surface area contributed by atoms with Crippen molar-refractivity contribution >= 4 is 40.6 Å². The van der Waals surface area contributed by atoms with Gasteiger partial charge in [0.25, 0.3) is 5.91 Å². The van der Waals surface area contributed by atoms with Crippen LogP contribution in [0.25, 0.3) is 6.08 Å². The summed E-state index contributed by atoms with van der Waals surface area (Å²) in [5.74, 6) is -1.29. The van der Waals surface area contributed by atoms with Crippen LogP contribution >= 0.6 is 11.8 Å². The zero-order valence-electron chi connectivity index (χ0n) is 15.9. The summed E-state index contributed by atoms with van der Waals surface area (Å²) in [5, 5.41) is 11.5. The van der Waals surface area contributed by atoms with Gasteiger partial charge in [-0.25, -0.2) is 9.79 Å². The Morgan fingerprint density at radius 1 is 1.26 bits per heavy atom. The Labute approximate surface area is 178 Å². The van der Waals surface area contributed by atoms with Crippen molar-refractivity contribution in [2.24, 2.45) is 4.99 Å². The number of hydrogen-bond donors (Lipinski definition) is 2. The summed E-state index contributed by atoms with van der Waals surface area (Å²) in [6, 6.07) is 9.22. The second kappa shape index (κ2) is 9.13. The van der Waals surface area contributed by atoms with E-state index in [0.29, 0.717) is 5.56 Å². The Morgan fingerprint density at radius 2 is 2.00 bits per heavy atom. The predicted octanol–water partition coefficient (Wildman–Crippen LogP) is 4.07. The minimum Gasteiger partial charge on any atom is -0.493 e. The molecule has 162 valence electrons. The average Bonchev–Trinajstić information content (AvgIpc) is 3.04. The molecule has 1 aliphatic heterocycles. The van der Waals surface area contributed by atoms with Gasteiger partial charge in [0.2, 0.25) is 0 Å². The molecule has 0 atom stereocenters. The first kappa shape index (κ1) is 22.2. The van der Waals surface area contributed by atoms with Gasteiger partial charge in [-0.1, -0.05) is 18.2 Å². The van der Waals surface area contributed by atoms with E-state index in [2.05, 4.69) is 10.3 Å². The second-order valence-corrected chi connectivity index (χ2v) is 7.12. The zero-order chi connectivity index (χ0) is 22.6. The molecule has 0 spiro atoms. The minimum absolute atomic E-state index is 0.0331. The number of carboxylic acid groups (broad SMARTS) is 1. The predicted molar refractivity (Wildman–Crippen MR) is 108 cm³/mol. The number of benzene rings is 2. The Bertz CT molecular complexity index is 1080. The molecule has 1 fully saturated rings. The molecule has 1 amide bonds. The largest absolute Gasteiger partial charge is 0.493 e. The molecule has 1 saturated heterocycles. The number of ether oxygens (including phenoxy) is 2. The van der Waals surface area contributed by atoms with Crippen LogP contribution in [0.15, 0.2) is 52.4 Å².